The fraction of sp³-hybridized carbons (Fsp3) is 0.889. The van der Waals surface area contributed by atoms with E-state index >= 15 is 0 Å². The number of likely N-dealkylation sites (N-methyl/N-ethyl adjacent to an activating group) is 1. The van der Waals surface area contributed by atoms with Crippen LogP contribution in [0.4, 0.5) is 4.79 Å². The Morgan fingerprint density at radius 2 is 2.21 bits per heavy atom. The van der Waals surface area contributed by atoms with Gasteiger partial charge in [-0.25, -0.2) is 4.79 Å². The Bertz CT molecular complexity index is 250. The lowest BCUT2D eigenvalue weighted by molar-refractivity contribution is -0.107. The summed E-state index contributed by atoms with van der Waals surface area (Å²) in [6.45, 7) is 1.45. The average Bonchev–Trinajstić information content (AvgIpc) is 2.68. The predicted molar refractivity (Wildman–Crippen MR) is 49.8 cm³/mol. The smallest absolute Gasteiger partial charge is 0.448 e. The van der Waals surface area contributed by atoms with Crippen LogP contribution >= 0.6 is 0 Å². The van der Waals surface area contributed by atoms with Gasteiger partial charge in [0.2, 0.25) is 0 Å². The van der Waals surface area contributed by atoms with Crippen molar-refractivity contribution in [3.63, 3.8) is 0 Å². The quantitative estimate of drug-likeness (QED) is 0.708. The molecule has 1 aliphatic heterocycles. The topological polar surface area (TPSA) is 53.0 Å². The molecule has 0 radical (unpaired) electrons. The van der Waals surface area contributed by atoms with Gasteiger partial charge in [0.25, 0.3) is 0 Å². The Morgan fingerprint density at radius 3 is 2.57 bits per heavy atom. The molecule has 1 atom stereocenters. The Balaban J connectivity index is 1.99. The summed E-state index contributed by atoms with van der Waals surface area (Å²) >= 11 is 0. The summed E-state index contributed by atoms with van der Waals surface area (Å²) in [5.74, 6) is 0. The largest absolute Gasteiger partial charge is 0.525 e. The zero-order chi connectivity index (χ0) is 10.3. The van der Waals surface area contributed by atoms with Crippen LogP contribution in [0.3, 0.4) is 0 Å². The molecule has 1 saturated heterocycles. The highest BCUT2D eigenvalue weighted by Gasteiger charge is 2.56. The van der Waals surface area contributed by atoms with Gasteiger partial charge >= 0.3 is 6.16 Å². The highest BCUT2D eigenvalue weighted by Crippen LogP contribution is 2.54. The van der Waals surface area contributed by atoms with E-state index in [-0.39, 0.29) is 0 Å². The van der Waals surface area contributed by atoms with Crippen LogP contribution in [0.1, 0.15) is 12.8 Å². The first-order valence-corrected chi connectivity index (χ1v) is 4.86. The Kier molecular flexibility index (Phi) is 2.16. The molecular formula is C9H16N2O3. The highest BCUT2D eigenvalue weighted by molar-refractivity contribution is 5.56. The molecule has 0 amide bonds. The zero-order valence-corrected chi connectivity index (χ0v) is 8.56. The summed E-state index contributed by atoms with van der Waals surface area (Å²) in [5, 5.41) is 10.1. The van der Waals surface area contributed by atoms with Crippen LogP contribution in [0.5, 0.6) is 0 Å². The number of hydrogen-bond acceptors (Lipinski definition) is 4. The summed E-state index contributed by atoms with van der Waals surface area (Å²) in [5.41, 5.74) is 0.305. The summed E-state index contributed by atoms with van der Waals surface area (Å²) < 4.78 is 0. The molecule has 1 heterocycles. The van der Waals surface area contributed by atoms with E-state index < -0.39 is 6.16 Å². The van der Waals surface area contributed by atoms with Gasteiger partial charge in [-0.1, -0.05) is 0 Å². The third kappa shape index (κ3) is 1.57. The van der Waals surface area contributed by atoms with Gasteiger partial charge in [0.1, 0.15) is 0 Å². The van der Waals surface area contributed by atoms with Gasteiger partial charge in [0.05, 0.1) is 6.54 Å². The number of hydroxylamine groups is 2. The molecule has 0 aromatic carbocycles. The number of hydrogen-bond donors (Lipinski definition) is 1. The van der Waals surface area contributed by atoms with Crippen molar-refractivity contribution in [2.45, 2.75) is 18.9 Å². The molecule has 0 aromatic heterocycles. The highest BCUT2D eigenvalue weighted by atomic mass is 16.8. The molecule has 5 heteroatoms. The van der Waals surface area contributed by atoms with Crippen LogP contribution in [0, 0.1) is 5.41 Å². The molecule has 14 heavy (non-hydrogen) atoms. The van der Waals surface area contributed by atoms with Crippen molar-refractivity contribution in [3.8, 4) is 0 Å². The van der Waals surface area contributed by atoms with Crippen LogP contribution < -0.4 is 0 Å². The second-order valence-corrected chi connectivity index (χ2v) is 4.52. The summed E-state index contributed by atoms with van der Waals surface area (Å²) in [6.07, 6.45) is 1.17. The fourth-order valence-corrected chi connectivity index (χ4v) is 2.45. The summed E-state index contributed by atoms with van der Waals surface area (Å²) in [6, 6.07) is 0.432. The number of nitrogens with zero attached hydrogens (tertiary/aromatic N) is 2. The number of carbonyl (C=O) groups is 1. The SMILES string of the molecule is CN(C)C1CN(OC(=O)O)CC12CC2. The maximum absolute atomic E-state index is 10.4. The van der Waals surface area contributed by atoms with Gasteiger partial charge in [0, 0.05) is 18.0 Å². The van der Waals surface area contributed by atoms with Gasteiger partial charge < -0.3 is 14.8 Å². The maximum Gasteiger partial charge on any atom is 0.525 e. The molecule has 2 rings (SSSR count). The molecule has 80 valence electrons. The molecule has 0 aromatic rings. The minimum absolute atomic E-state index is 0.305. The lowest BCUT2D eigenvalue weighted by atomic mass is 10.0. The average molecular weight is 200 g/mol. The van der Waals surface area contributed by atoms with Gasteiger partial charge in [-0.15, -0.1) is 5.06 Å². The van der Waals surface area contributed by atoms with Crippen molar-refractivity contribution in [1.29, 1.82) is 0 Å². The predicted octanol–water partition coefficient (Wildman–Crippen LogP) is 0.622. The van der Waals surface area contributed by atoms with E-state index in [1.165, 1.54) is 12.8 Å². The Labute approximate surface area is 83.2 Å². The van der Waals surface area contributed by atoms with Crippen molar-refractivity contribution in [3.05, 3.63) is 0 Å². The lowest BCUT2D eigenvalue weighted by Crippen LogP contribution is -2.36. The third-order valence-corrected chi connectivity index (χ3v) is 3.30. The maximum atomic E-state index is 10.4. The number of carboxylic acid groups (broad SMARTS) is 1. The third-order valence-electron chi connectivity index (χ3n) is 3.30. The minimum atomic E-state index is -1.21. The van der Waals surface area contributed by atoms with E-state index in [0.29, 0.717) is 18.0 Å². The summed E-state index contributed by atoms with van der Waals surface area (Å²) in [7, 11) is 4.07. The molecular weight excluding hydrogens is 184 g/mol. The lowest BCUT2D eigenvalue weighted by Gasteiger charge is -2.24. The minimum Gasteiger partial charge on any atom is -0.448 e. The molecule has 1 aliphatic carbocycles. The van der Waals surface area contributed by atoms with E-state index in [2.05, 4.69) is 4.90 Å². The standard InChI is InChI=1S/C9H16N2O3/c1-10(2)7-5-11(14-8(12)13)6-9(7)3-4-9/h7H,3-6H2,1-2H3,(H,12,13). The van der Waals surface area contributed by atoms with E-state index in [4.69, 9.17) is 9.94 Å². The van der Waals surface area contributed by atoms with Gasteiger partial charge in [-0.3, -0.25) is 0 Å². The normalized spacial score (nSPS) is 29.8. The Hall–Kier alpha value is -0.810. The van der Waals surface area contributed by atoms with Crippen molar-refractivity contribution in [2.24, 2.45) is 5.41 Å². The van der Waals surface area contributed by atoms with Gasteiger partial charge in [0.15, 0.2) is 0 Å². The van der Waals surface area contributed by atoms with Crippen molar-refractivity contribution >= 4 is 6.16 Å². The monoisotopic (exact) mass is 200 g/mol. The van der Waals surface area contributed by atoms with E-state index in [1.54, 1.807) is 5.06 Å². The van der Waals surface area contributed by atoms with Crippen LogP contribution in [0.15, 0.2) is 0 Å². The fourth-order valence-electron chi connectivity index (χ4n) is 2.45. The molecule has 1 saturated carbocycles. The second-order valence-electron chi connectivity index (χ2n) is 4.52. The first-order chi connectivity index (χ1) is 6.53. The number of rotatable bonds is 2. The van der Waals surface area contributed by atoms with Crippen molar-refractivity contribution < 1.29 is 14.7 Å². The zero-order valence-electron chi connectivity index (χ0n) is 8.56. The van der Waals surface area contributed by atoms with Gasteiger partial charge in [-0.05, 0) is 26.9 Å². The van der Waals surface area contributed by atoms with E-state index in [9.17, 15) is 4.79 Å². The van der Waals surface area contributed by atoms with Crippen molar-refractivity contribution in [2.75, 3.05) is 27.2 Å². The molecule has 1 spiro atoms. The van der Waals surface area contributed by atoms with Crippen LogP contribution in [-0.4, -0.2) is 54.5 Å². The molecule has 2 aliphatic rings. The van der Waals surface area contributed by atoms with Crippen molar-refractivity contribution in [1.82, 2.24) is 9.96 Å². The molecule has 1 N–H and O–H groups in total. The Morgan fingerprint density at radius 1 is 1.57 bits per heavy atom. The second kappa shape index (κ2) is 3.10. The molecule has 1 unspecified atom stereocenters. The first-order valence-electron chi connectivity index (χ1n) is 4.86. The van der Waals surface area contributed by atoms with Crippen LogP contribution in [0.25, 0.3) is 0 Å². The van der Waals surface area contributed by atoms with Gasteiger partial charge in [-0.2, -0.15) is 0 Å². The van der Waals surface area contributed by atoms with E-state index in [1.807, 2.05) is 14.1 Å². The molecule has 2 fully saturated rings. The molecule has 0 bridgehead atoms. The summed E-state index contributed by atoms with van der Waals surface area (Å²) in [4.78, 5) is 17.2. The first kappa shape index (κ1) is 9.73. The van der Waals surface area contributed by atoms with Crippen LogP contribution in [-0.2, 0) is 4.84 Å². The molecule has 5 nitrogen and oxygen atoms in total. The van der Waals surface area contributed by atoms with E-state index in [0.717, 1.165) is 6.54 Å². The van der Waals surface area contributed by atoms with Crippen LogP contribution in [0.2, 0.25) is 0 Å².